The van der Waals surface area contributed by atoms with Crippen molar-refractivity contribution in [2.45, 2.75) is 37.4 Å². The van der Waals surface area contributed by atoms with Crippen molar-refractivity contribution in [2.75, 3.05) is 20.8 Å². The third-order valence-corrected chi connectivity index (χ3v) is 5.59. The molecule has 1 atom stereocenters. The normalized spacial score (nSPS) is 14.4. The van der Waals surface area contributed by atoms with Crippen LogP contribution in [0.5, 0.6) is 0 Å². The molecule has 16 heavy (non-hydrogen) atoms. The summed E-state index contributed by atoms with van der Waals surface area (Å²) in [5.41, 5.74) is 0. The van der Waals surface area contributed by atoms with E-state index in [1.807, 2.05) is 0 Å². The van der Waals surface area contributed by atoms with E-state index in [1.54, 1.807) is 14.2 Å². The van der Waals surface area contributed by atoms with Gasteiger partial charge < -0.3 is 13.3 Å². The molecule has 0 saturated carbocycles. The van der Waals surface area contributed by atoms with Crippen molar-refractivity contribution in [3.63, 3.8) is 0 Å². The molecule has 0 aromatic heterocycles. The molecule has 0 bridgehead atoms. The molecule has 0 aromatic rings. The van der Waals surface area contributed by atoms with Gasteiger partial charge in [-0.2, -0.15) is 12.6 Å². The highest BCUT2D eigenvalue weighted by molar-refractivity contribution is 7.82. The van der Waals surface area contributed by atoms with Crippen LogP contribution in [0.15, 0.2) is 0 Å². The molecule has 98 valence electrons. The van der Waals surface area contributed by atoms with Gasteiger partial charge in [0.25, 0.3) is 0 Å². The Balaban J connectivity index is 4.10. The van der Waals surface area contributed by atoms with Crippen LogP contribution in [0.3, 0.4) is 0 Å². The lowest BCUT2D eigenvalue weighted by Crippen LogP contribution is -2.44. The molecular formula is C10H23ClO3SSi. The molecule has 0 spiro atoms. The standard InChI is InChI=1S/C10H23ClO3SSi/c1-9(2)5-7-14-16(12-3,13-4)8-6-10(11)15/h9-10,15H,5-8H2,1-4H3. The van der Waals surface area contributed by atoms with Crippen molar-refractivity contribution in [3.05, 3.63) is 0 Å². The predicted molar refractivity (Wildman–Crippen MR) is 73.2 cm³/mol. The SMILES string of the molecule is CO[Si](CCC(S)Cl)(OC)OCCC(C)C. The lowest BCUT2D eigenvalue weighted by molar-refractivity contribution is 0.0934. The Morgan fingerprint density at radius 1 is 1.19 bits per heavy atom. The Kier molecular flexibility index (Phi) is 9.18. The van der Waals surface area contributed by atoms with Crippen LogP contribution in [-0.2, 0) is 13.3 Å². The molecule has 0 saturated heterocycles. The third-order valence-electron chi connectivity index (χ3n) is 2.33. The second-order valence-electron chi connectivity index (χ2n) is 4.10. The Bertz CT molecular complexity index is 177. The summed E-state index contributed by atoms with van der Waals surface area (Å²) in [5, 5.41) is 0. The van der Waals surface area contributed by atoms with Gasteiger partial charge in [0, 0.05) is 26.9 Å². The van der Waals surface area contributed by atoms with Crippen LogP contribution in [0.1, 0.15) is 26.7 Å². The minimum absolute atomic E-state index is 0.175. The van der Waals surface area contributed by atoms with Gasteiger partial charge in [-0.1, -0.05) is 13.8 Å². The fourth-order valence-electron chi connectivity index (χ4n) is 1.22. The molecule has 0 rings (SSSR count). The molecule has 0 amide bonds. The van der Waals surface area contributed by atoms with E-state index < -0.39 is 8.80 Å². The average Bonchev–Trinajstić information content (AvgIpc) is 2.23. The number of halogens is 1. The zero-order valence-electron chi connectivity index (χ0n) is 10.5. The monoisotopic (exact) mass is 286 g/mol. The molecule has 0 aromatic carbocycles. The van der Waals surface area contributed by atoms with E-state index >= 15 is 0 Å². The van der Waals surface area contributed by atoms with Crippen LogP contribution in [0.4, 0.5) is 0 Å². The van der Waals surface area contributed by atoms with Crippen LogP contribution >= 0.6 is 24.2 Å². The van der Waals surface area contributed by atoms with E-state index in [-0.39, 0.29) is 4.71 Å². The van der Waals surface area contributed by atoms with Crippen molar-refractivity contribution in [1.82, 2.24) is 0 Å². The van der Waals surface area contributed by atoms with Crippen molar-refractivity contribution in [2.24, 2.45) is 5.92 Å². The molecule has 3 nitrogen and oxygen atoms in total. The summed E-state index contributed by atoms with van der Waals surface area (Å²) in [6.07, 6.45) is 1.73. The molecule has 1 unspecified atom stereocenters. The maximum atomic E-state index is 5.80. The summed E-state index contributed by atoms with van der Waals surface area (Å²) < 4.78 is 16.5. The first kappa shape index (κ1) is 16.7. The first-order chi connectivity index (χ1) is 7.45. The zero-order valence-corrected chi connectivity index (χ0v) is 13.2. The Morgan fingerprint density at radius 2 is 1.75 bits per heavy atom. The van der Waals surface area contributed by atoms with Gasteiger partial charge in [0.1, 0.15) is 0 Å². The third kappa shape index (κ3) is 7.14. The first-order valence-electron chi connectivity index (χ1n) is 5.52. The molecule has 0 heterocycles. The molecule has 6 heteroatoms. The molecule has 0 fully saturated rings. The predicted octanol–water partition coefficient (Wildman–Crippen LogP) is 3.17. The van der Waals surface area contributed by atoms with E-state index in [1.165, 1.54) is 0 Å². The summed E-state index contributed by atoms with van der Waals surface area (Å²) in [6.45, 7) is 4.99. The minimum Gasteiger partial charge on any atom is -0.377 e. The van der Waals surface area contributed by atoms with Crippen LogP contribution in [-0.4, -0.2) is 34.3 Å². The van der Waals surface area contributed by atoms with Gasteiger partial charge in [0.05, 0.1) is 4.71 Å². The molecular weight excluding hydrogens is 264 g/mol. The Morgan fingerprint density at radius 3 is 2.12 bits per heavy atom. The second-order valence-corrected chi connectivity index (χ2v) is 8.52. The molecule has 0 radical (unpaired) electrons. The van der Waals surface area contributed by atoms with E-state index in [4.69, 9.17) is 24.9 Å². The number of thiol groups is 1. The molecule has 0 aliphatic rings. The number of rotatable bonds is 9. The van der Waals surface area contributed by atoms with Gasteiger partial charge in [0.15, 0.2) is 0 Å². The first-order valence-corrected chi connectivity index (χ1v) is 8.40. The van der Waals surface area contributed by atoms with Gasteiger partial charge in [-0.05, 0) is 18.8 Å². The van der Waals surface area contributed by atoms with E-state index in [0.29, 0.717) is 18.6 Å². The van der Waals surface area contributed by atoms with Crippen molar-refractivity contribution >= 4 is 33.0 Å². The molecule has 0 aliphatic heterocycles. The van der Waals surface area contributed by atoms with Crippen molar-refractivity contribution in [1.29, 1.82) is 0 Å². The van der Waals surface area contributed by atoms with E-state index in [0.717, 1.165) is 12.8 Å². The second kappa shape index (κ2) is 8.77. The van der Waals surface area contributed by atoms with Crippen LogP contribution in [0, 0.1) is 5.92 Å². The lowest BCUT2D eigenvalue weighted by Gasteiger charge is -2.27. The number of hydrogen-bond acceptors (Lipinski definition) is 4. The Labute approximate surface area is 111 Å². The quantitative estimate of drug-likeness (QED) is 0.401. The molecule has 0 aliphatic carbocycles. The summed E-state index contributed by atoms with van der Waals surface area (Å²) in [4.78, 5) is 0. The number of hydrogen-bond donors (Lipinski definition) is 1. The van der Waals surface area contributed by atoms with Gasteiger partial charge in [-0.3, -0.25) is 0 Å². The van der Waals surface area contributed by atoms with Gasteiger partial charge >= 0.3 is 8.80 Å². The highest BCUT2D eigenvalue weighted by atomic mass is 35.5. The smallest absolute Gasteiger partial charge is 0.377 e. The maximum absolute atomic E-state index is 5.80. The lowest BCUT2D eigenvalue weighted by atomic mass is 10.2. The Hall–Kier alpha value is 0.737. The largest absolute Gasteiger partial charge is 0.500 e. The number of alkyl halides is 1. The van der Waals surface area contributed by atoms with Crippen LogP contribution < -0.4 is 0 Å². The zero-order chi connectivity index (χ0) is 12.6. The van der Waals surface area contributed by atoms with Crippen molar-refractivity contribution < 1.29 is 13.3 Å². The average molecular weight is 287 g/mol. The summed E-state index contributed by atoms with van der Waals surface area (Å²) in [7, 11) is 0.757. The van der Waals surface area contributed by atoms with E-state index in [2.05, 4.69) is 26.5 Å². The van der Waals surface area contributed by atoms with Gasteiger partial charge in [-0.25, -0.2) is 0 Å². The summed E-state index contributed by atoms with van der Waals surface area (Å²) >= 11 is 9.93. The van der Waals surface area contributed by atoms with Gasteiger partial charge in [-0.15, -0.1) is 11.6 Å². The fraction of sp³-hybridized carbons (Fsp3) is 1.00. The maximum Gasteiger partial charge on any atom is 0.500 e. The summed E-state index contributed by atoms with van der Waals surface area (Å²) in [6, 6.07) is 0.704. The topological polar surface area (TPSA) is 27.7 Å². The fourth-order valence-corrected chi connectivity index (χ4v) is 3.91. The highest BCUT2D eigenvalue weighted by Crippen LogP contribution is 2.21. The van der Waals surface area contributed by atoms with Crippen LogP contribution in [0.25, 0.3) is 0 Å². The summed E-state index contributed by atoms with van der Waals surface area (Å²) in [5.74, 6) is 0.617. The highest BCUT2D eigenvalue weighted by Gasteiger charge is 2.38. The van der Waals surface area contributed by atoms with Gasteiger partial charge in [0.2, 0.25) is 0 Å². The van der Waals surface area contributed by atoms with Crippen molar-refractivity contribution in [3.8, 4) is 0 Å². The van der Waals surface area contributed by atoms with E-state index in [9.17, 15) is 0 Å². The molecule has 0 N–H and O–H groups in total. The minimum atomic E-state index is -2.51. The van der Waals surface area contributed by atoms with Crippen LogP contribution in [0.2, 0.25) is 6.04 Å².